The molecule has 0 bridgehead atoms. The SMILES string of the molecule is O=C(Nc1ccc(OC(F)(F)F)cc1)C1CCCN(S(=O)(=O)c2cccc3cccnc23)C1. The third-order valence-corrected chi connectivity index (χ3v) is 7.22. The molecule has 174 valence electrons. The number of hydrogen-bond acceptors (Lipinski definition) is 5. The van der Waals surface area contributed by atoms with Crippen molar-refractivity contribution < 1.29 is 31.1 Å². The Balaban J connectivity index is 1.47. The molecule has 33 heavy (non-hydrogen) atoms. The topological polar surface area (TPSA) is 88.6 Å². The van der Waals surface area contributed by atoms with Gasteiger partial charge in [-0.1, -0.05) is 18.2 Å². The first kappa shape index (κ1) is 23.0. The molecule has 0 spiro atoms. The van der Waals surface area contributed by atoms with Gasteiger partial charge in [0.15, 0.2) is 0 Å². The van der Waals surface area contributed by atoms with Crippen LogP contribution in [0.2, 0.25) is 0 Å². The van der Waals surface area contributed by atoms with Crippen molar-refractivity contribution >= 4 is 32.5 Å². The van der Waals surface area contributed by atoms with E-state index in [0.717, 1.165) is 12.1 Å². The van der Waals surface area contributed by atoms with Gasteiger partial charge in [0.2, 0.25) is 15.9 Å². The number of benzene rings is 2. The predicted octanol–water partition coefficient (Wildman–Crippen LogP) is 4.17. The molecule has 0 radical (unpaired) electrons. The average Bonchev–Trinajstić information content (AvgIpc) is 2.79. The fraction of sp³-hybridized carbons (Fsp3) is 0.273. The Hall–Kier alpha value is -3.18. The smallest absolute Gasteiger partial charge is 0.406 e. The first-order valence-corrected chi connectivity index (χ1v) is 11.6. The number of sulfonamides is 1. The number of carbonyl (C=O) groups excluding carboxylic acids is 1. The zero-order chi connectivity index (χ0) is 23.6. The number of piperidine rings is 1. The number of nitrogens with one attached hydrogen (secondary N) is 1. The predicted molar refractivity (Wildman–Crippen MR) is 115 cm³/mol. The number of ether oxygens (including phenoxy) is 1. The highest BCUT2D eigenvalue weighted by atomic mass is 32.2. The van der Waals surface area contributed by atoms with Crippen molar-refractivity contribution in [2.75, 3.05) is 18.4 Å². The molecule has 4 rings (SSSR count). The van der Waals surface area contributed by atoms with E-state index in [1.807, 2.05) is 0 Å². The number of pyridine rings is 1. The second-order valence-corrected chi connectivity index (χ2v) is 9.50. The molecule has 3 aromatic rings. The Labute approximate surface area is 188 Å². The Kier molecular flexibility index (Phi) is 6.26. The Morgan fingerprint density at radius 2 is 1.82 bits per heavy atom. The van der Waals surface area contributed by atoms with Crippen molar-refractivity contribution in [3.8, 4) is 5.75 Å². The van der Waals surface area contributed by atoms with Crippen LogP contribution in [0.1, 0.15) is 12.8 Å². The van der Waals surface area contributed by atoms with Crippen LogP contribution in [-0.2, 0) is 14.8 Å². The maximum atomic E-state index is 13.3. The molecule has 1 N–H and O–H groups in total. The molecule has 11 heteroatoms. The van der Waals surface area contributed by atoms with E-state index < -0.39 is 34.0 Å². The number of nitrogens with zero attached hydrogens (tertiary/aromatic N) is 2. The number of para-hydroxylation sites is 1. The van der Waals surface area contributed by atoms with Gasteiger partial charge in [-0.3, -0.25) is 9.78 Å². The maximum absolute atomic E-state index is 13.3. The fourth-order valence-electron chi connectivity index (χ4n) is 3.78. The zero-order valence-corrected chi connectivity index (χ0v) is 18.1. The minimum Gasteiger partial charge on any atom is -0.406 e. The van der Waals surface area contributed by atoms with Crippen molar-refractivity contribution in [3.63, 3.8) is 0 Å². The van der Waals surface area contributed by atoms with Crippen LogP contribution in [0.3, 0.4) is 0 Å². The molecule has 0 saturated carbocycles. The molecule has 1 amide bonds. The van der Waals surface area contributed by atoms with Gasteiger partial charge >= 0.3 is 6.36 Å². The van der Waals surface area contributed by atoms with Crippen LogP contribution >= 0.6 is 0 Å². The number of carbonyl (C=O) groups is 1. The number of alkyl halides is 3. The highest BCUT2D eigenvalue weighted by molar-refractivity contribution is 7.89. The van der Waals surface area contributed by atoms with Crippen molar-refractivity contribution in [1.29, 1.82) is 0 Å². The summed E-state index contributed by atoms with van der Waals surface area (Å²) in [4.78, 5) is 17.0. The Morgan fingerprint density at radius 3 is 2.55 bits per heavy atom. The monoisotopic (exact) mass is 479 g/mol. The van der Waals surface area contributed by atoms with Gasteiger partial charge in [-0.2, -0.15) is 4.31 Å². The lowest BCUT2D eigenvalue weighted by atomic mass is 9.99. The fourth-order valence-corrected chi connectivity index (χ4v) is 5.47. The molecule has 1 atom stereocenters. The largest absolute Gasteiger partial charge is 0.573 e. The van der Waals surface area contributed by atoms with E-state index in [1.165, 1.54) is 28.7 Å². The Bertz CT molecular complexity index is 1260. The number of fused-ring (bicyclic) bond motifs is 1. The number of anilines is 1. The molecule has 1 aliphatic rings. The highest BCUT2D eigenvalue weighted by Crippen LogP contribution is 2.29. The van der Waals surface area contributed by atoms with Gasteiger partial charge in [-0.05, 0) is 49.2 Å². The summed E-state index contributed by atoms with van der Waals surface area (Å²) in [6, 6.07) is 13.2. The van der Waals surface area contributed by atoms with E-state index in [1.54, 1.807) is 24.3 Å². The lowest BCUT2D eigenvalue weighted by Gasteiger charge is -2.31. The number of halogens is 3. The summed E-state index contributed by atoms with van der Waals surface area (Å²) < 4.78 is 68.6. The van der Waals surface area contributed by atoms with Crippen molar-refractivity contribution in [2.45, 2.75) is 24.1 Å². The van der Waals surface area contributed by atoms with Gasteiger partial charge in [0.25, 0.3) is 0 Å². The van der Waals surface area contributed by atoms with E-state index >= 15 is 0 Å². The van der Waals surface area contributed by atoms with Gasteiger partial charge < -0.3 is 10.1 Å². The molecular formula is C22H20F3N3O4S. The quantitative estimate of drug-likeness (QED) is 0.593. The average molecular weight is 479 g/mol. The number of rotatable bonds is 5. The lowest BCUT2D eigenvalue weighted by Crippen LogP contribution is -2.43. The van der Waals surface area contributed by atoms with Crippen LogP contribution in [0.25, 0.3) is 10.9 Å². The molecule has 0 aliphatic carbocycles. The summed E-state index contributed by atoms with van der Waals surface area (Å²) in [6.07, 6.45) is -2.30. The van der Waals surface area contributed by atoms with Gasteiger partial charge in [0.1, 0.15) is 10.6 Å². The molecule has 1 saturated heterocycles. The molecule has 1 aromatic heterocycles. The van der Waals surface area contributed by atoms with E-state index in [2.05, 4.69) is 15.0 Å². The highest BCUT2D eigenvalue weighted by Gasteiger charge is 2.34. The van der Waals surface area contributed by atoms with Crippen LogP contribution in [-0.4, -0.2) is 43.1 Å². The minimum absolute atomic E-state index is 0.00729. The van der Waals surface area contributed by atoms with E-state index in [9.17, 15) is 26.4 Å². The van der Waals surface area contributed by atoms with Crippen molar-refractivity contribution in [3.05, 3.63) is 60.8 Å². The molecule has 1 fully saturated rings. The van der Waals surface area contributed by atoms with Crippen LogP contribution < -0.4 is 10.1 Å². The van der Waals surface area contributed by atoms with Gasteiger partial charge in [-0.25, -0.2) is 8.42 Å². The summed E-state index contributed by atoms with van der Waals surface area (Å²) in [5.74, 6) is -1.42. The first-order valence-electron chi connectivity index (χ1n) is 10.1. The maximum Gasteiger partial charge on any atom is 0.573 e. The lowest BCUT2D eigenvalue weighted by molar-refractivity contribution is -0.274. The van der Waals surface area contributed by atoms with Crippen LogP contribution in [0.4, 0.5) is 18.9 Å². The Morgan fingerprint density at radius 1 is 1.09 bits per heavy atom. The van der Waals surface area contributed by atoms with Crippen LogP contribution in [0.5, 0.6) is 5.75 Å². The zero-order valence-electron chi connectivity index (χ0n) is 17.2. The normalized spacial score (nSPS) is 17.6. The summed E-state index contributed by atoms with van der Waals surface area (Å²) >= 11 is 0. The van der Waals surface area contributed by atoms with Crippen molar-refractivity contribution in [1.82, 2.24) is 9.29 Å². The molecule has 1 unspecified atom stereocenters. The second kappa shape index (κ2) is 8.99. The van der Waals surface area contributed by atoms with Gasteiger partial charge in [-0.15, -0.1) is 13.2 Å². The van der Waals surface area contributed by atoms with Gasteiger partial charge in [0.05, 0.1) is 11.4 Å². The number of aromatic nitrogens is 1. The minimum atomic E-state index is -4.80. The number of hydrogen-bond donors (Lipinski definition) is 1. The van der Waals surface area contributed by atoms with Crippen LogP contribution in [0, 0.1) is 5.92 Å². The van der Waals surface area contributed by atoms with E-state index in [0.29, 0.717) is 23.7 Å². The number of amides is 1. The second-order valence-electron chi connectivity index (χ2n) is 7.59. The van der Waals surface area contributed by atoms with Gasteiger partial charge in [0, 0.05) is 30.4 Å². The molecule has 7 nitrogen and oxygen atoms in total. The summed E-state index contributed by atoms with van der Waals surface area (Å²) in [5.41, 5.74) is 0.653. The molecule has 1 aliphatic heterocycles. The van der Waals surface area contributed by atoms with Crippen LogP contribution in [0.15, 0.2) is 65.7 Å². The summed E-state index contributed by atoms with van der Waals surface area (Å²) in [6.45, 7) is 0.269. The van der Waals surface area contributed by atoms with E-state index in [4.69, 9.17) is 0 Å². The molecular weight excluding hydrogens is 459 g/mol. The summed E-state index contributed by atoms with van der Waals surface area (Å²) in [5, 5.41) is 3.33. The third-order valence-electron chi connectivity index (χ3n) is 5.32. The first-order chi connectivity index (χ1) is 15.6. The van der Waals surface area contributed by atoms with Crippen molar-refractivity contribution in [2.24, 2.45) is 5.92 Å². The third kappa shape index (κ3) is 5.25. The molecule has 2 aromatic carbocycles. The summed E-state index contributed by atoms with van der Waals surface area (Å²) in [7, 11) is -3.88. The molecule has 2 heterocycles. The standard InChI is InChI=1S/C22H20F3N3O4S/c23-22(24,25)32-18-10-8-17(9-11-18)27-21(29)16-6-3-13-28(14-16)33(30,31)19-7-1-4-15-5-2-12-26-20(15)19/h1-2,4-5,7-12,16H,3,6,13-14H2,(H,27,29). The van der Waals surface area contributed by atoms with E-state index in [-0.39, 0.29) is 23.7 Å².